The molecule has 1 aromatic heterocycles. The summed E-state index contributed by atoms with van der Waals surface area (Å²) in [7, 11) is 1.72. The third-order valence-electron chi connectivity index (χ3n) is 4.00. The Labute approximate surface area is 141 Å². The highest BCUT2D eigenvalue weighted by Crippen LogP contribution is 2.31. The van der Waals surface area contributed by atoms with Crippen molar-refractivity contribution in [1.29, 1.82) is 0 Å². The Morgan fingerprint density at radius 1 is 1.39 bits per heavy atom. The molecule has 0 aliphatic carbocycles. The minimum Gasteiger partial charge on any atom is -0.495 e. The van der Waals surface area contributed by atoms with Crippen LogP contribution in [0.2, 0.25) is 0 Å². The van der Waals surface area contributed by atoms with Crippen LogP contribution in [0.3, 0.4) is 0 Å². The first kappa shape index (κ1) is 16.1. The van der Waals surface area contributed by atoms with E-state index in [1.807, 2.05) is 12.1 Å². The Hall–Kier alpha value is -1.82. The van der Waals surface area contributed by atoms with Crippen molar-refractivity contribution in [2.75, 3.05) is 30.4 Å². The summed E-state index contributed by atoms with van der Waals surface area (Å²) in [5, 5.41) is 4.47. The number of hydrogen-bond donors (Lipinski definition) is 1. The molecular weight excluding hydrogens is 308 g/mol. The monoisotopic (exact) mass is 332 g/mol. The Morgan fingerprint density at radius 3 is 3.00 bits per heavy atom. The molecule has 1 fully saturated rings. The lowest BCUT2D eigenvalue weighted by Crippen LogP contribution is -2.26. The largest absolute Gasteiger partial charge is 0.495 e. The number of para-hydroxylation sites is 2. The zero-order valence-corrected chi connectivity index (χ0v) is 14.8. The van der Waals surface area contributed by atoms with Crippen molar-refractivity contribution in [2.24, 2.45) is 5.92 Å². The van der Waals surface area contributed by atoms with E-state index < -0.39 is 0 Å². The summed E-state index contributed by atoms with van der Waals surface area (Å²) in [5.41, 5.74) is 1.16. The fourth-order valence-electron chi connectivity index (χ4n) is 2.92. The number of aromatic nitrogens is 2. The molecule has 3 rings (SSSR count). The van der Waals surface area contributed by atoms with Gasteiger partial charge in [-0.05, 0) is 24.5 Å². The second-order valence-electron chi connectivity index (χ2n) is 6.36. The molecule has 1 saturated heterocycles. The van der Waals surface area contributed by atoms with E-state index in [-0.39, 0.29) is 0 Å². The molecule has 6 heteroatoms. The smallest absolute Gasteiger partial charge is 0.202 e. The summed E-state index contributed by atoms with van der Waals surface area (Å²) in [5.74, 6) is 2.47. The second-order valence-corrected chi connectivity index (χ2v) is 7.11. The van der Waals surface area contributed by atoms with Crippen LogP contribution in [0.5, 0.6) is 5.75 Å². The van der Waals surface area contributed by atoms with Crippen LogP contribution in [-0.4, -0.2) is 35.6 Å². The SMILES string of the molecule is COc1ccccc1N1CCC(Nc2nc(CC(C)C)ns2)C1. The Morgan fingerprint density at radius 2 is 2.22 bits per heavy atom. The number of methoxy groups -OCH3 is 1. The summed E-state index contributed by atoms with van der Waals surface area (Å²) in [6.45, 7) is 6.36. The van der Waals surface area contributed by atoms with Gasteiger partial charge in [-0.15, -0.1) is 0 Å². The number of nitrogens with one attached hydrogen (secondary N) is 1. The van der Waals surface area contributed by atoms with Gasteiger partial charge in [0.15, 0.2) is 0 Å². The van der Waals surface area contributed by atoms with Crippen LogP contribution < -0.4 is 15.0 Å². The zero-order valence-electron chi connectivity index (χ0n) is 14.0. The maximum Gasteiger partial charge on any atom is 0.202 e. The molecule has 1 aliphatic heterocycles. The van der Waals surface area contributed by atoms with E-state index in [4.69, 9.17) is 4.74 Å². The van der Waals surface area contributed by atoms with Gasteiger partial charge in [0.25, 0.3) is 0 Å². The molecule has 124 valence electrons. The third-order valence-corrected chi connectivity index (χ3v) is 4.68. The lowest BCUT2D eigenvalue weighted by atomic mass is 10.1. The van der Waals surface area contributed by atoms with Gasteiger partial charge in [-0.1, -0.05) is 26.0 Å². The highest BCUT2D eigenvalue weighted by Gasteiger charge is 2.25. The Kier molecular flexibility index (Phi) is 5.00. The van der Waals surface area contributed by atoms with E-state index >= 15 is 0 Å². The lowest BCUT2D eigenvalue weighted by Gasteiger charge is -2.21. The minimum absolute atomic E-state index is 0.403. The first-order valence-electron chi connectivity index (χ1n) is 8.12. The van der Waals surface area contributed by atoms with Crippen LogP contribution in [0.4, 0.5) is 10.8 Å². The fraction of sp³-hybridized carbons (Fsp3) is 0.529. The number of anilines is 2. The average Bonchev–Trinajstić information content (AvgIpc) is 3.17. The standard InChI is InChI=1S/C17H24N4OS/c1-12(2)10-16-19-17(23-20-16)18-13-8-9-21(11-13)14-6-4-5-7-15(14)22-3/h4-7,12-13H,8-11H2,1-3H3,(H,18,19,20). The first-order valence-corrected chi connectivity index (χ1v) is 8.90. The first-order chi connectivity index (χ1) is 11.2. The fourth-order valence-corrected chi connectivity index (χ4v) is 3.60. The Bertz CT molecular complexity index is 643. The second kappa shape index (κ2) is 7.17. The Balaban J connectivity index is 1.60. The minimum atomic E-state index is 0.403. The van der Waals surface area contributed by atoms with Gasteiger partial charge in [0.05, 0.1) is 12.8 Å². The topological polar surface area (TPSA) is 50.3 Å². The maximum absolute atomic E-state index is 5.47. The third kappa shape index (κ3) is 3.93. The van der Waals surface area contributed by atoms with Crippen molar-refractivity contribution in [3.05, 3.63) is 30.1 Å². The van der Waals surface area contributed by atoms with E-state index in [2.05, 4.69) is 45.6 Å². The van der Waals surface area contributed by atoms with Crippen molar-refractivity contribution >= 4 is 22.4 Å². The van der Waals surface area contributed by atoms with Gasteiger partial charge < -0.3 is 15.0 Å². The van der Waals surface area contributed by atoms with Gasteiger partial charge in [0, 0.05) is 37.1 Å². The molecule has 0 bridgehead atoms. The molecule has 23 heavy (non-hydrogen) atoms. The molecule has 5 nitrogen and oxygen atoms in total. The molecular formula is C17H24N4OS. The average molecular weight is 332 g/mol. The van der Waals surface area contributed by atoms with Crippen LogP contribution in [0, 0.1) is 5.92 Å². The molecule has 1 N–H and O–H groups in total. The van der Waals surface area contributed by atoms with Crippen LogP contribution in [0.25, 0.3) is 0 Å². The number of ether oxygens (including phenoxy) is 1. The van der Waals surface area contributed by atoms with Crippen molar-refractivity contribution < 1.29 is 4.74 Å². The summed E-state index contributed by atoms with van der Waals surface area (Å²) in [6, 6.07) is 8.60. The number of nitrogens with zero attached hydrogens (tertiary/aromatic N) is 3. The van der Waals surface area contributed by atoms with Gasteiger partial charge in [-0.2, -0.15) is 4.37 Å². The van der Waals surface area contributed by atoms with Crippen molar-refractivity contribution in [3.8, 4) is 5.75 Å². The van der Waals surface area contributed by atoms with E-state index in [9.17, 15) is 0 Å². The molecule has 1 aromatic carbocycles. The van der Waals surface area contributed by atoms with E-state index in [1.165, 1.54) is 11.5 Å². The van der Waals surface area contributed by atoms with E-state index in [1.54, 1.807) is 7.11 Å². The summed E-state index contributed by atoms with van der Waals surface area (Å²) in [4.78, 5) is 6.97. The van der Waals surface area contributed by atoms with Crippen LogP contribution >= 0.6 is 11.5 Å². The molecule has 2 aromatic rings. The maximum atomic E-state index is 5.47. The van der Waals surface area contributed by atoms with E-state index in [0.29, 0.717) is 12.0 Å². The van der Waals surface area contributed by atoms with Gasteiger partial charge in [-0.25, -0.2) is 4.98 Å². The van der Waals surface area contributed by atoms with Crippen LogP contribution in [0.15, 0.2) is 24.3 Å². The lowest BCUT2D eigenvalue weighted by molar-refractivity contribution is 0.415. The molecule has 0 radical (unpaired) electrons. The molecule has 1 aliphatic rings. The number of benzene rings is 1. The molecule has 1 atom stereocenters. The van der Waals surface area contributed by atoms with Gasteiger partial charge >= 0.3 is 0 Å². The molecule has 0 amide bonds. The highest BCUT2D eigenvalue weighted by molar-refractivity contribution is 7.09. The van der Waals surface area contributed by atoms with Gasteiger partial charge in [0.2, 0.25) is 5.13 Å². The van der Waals surface area contributed by atoms with Crippen LogP contribution in [-0.2, 0) is 6.42 Å². The number of rotatable bonds is 6. The molecule has 0 spiro atoms. The van der Waals surface area contributed by atoms with Crippen molar-refractivity contribution in [3.63, 3.8) is 0 Å². The summed E-state index contributed by atoms with van der Waals surface area (Å²) < 4.78 is 9.91. The predicted octanol–water partition coefficient (Wildman–Crippen LogP) is 3.44. The normalized spacial score (nSPS) is 17.7. The van der Waals surface area contributed by atoms with E-state index in [0.717, 1.165) is 48.3 Å². The van der Waals surface area contributed by atoms with Gasteiger partial charge in [0.1, 0.15) is 11.6 Å². The number of hydrogen-bond acceptors (Lipinski definition) is 6. The highest BCUT2D eigenvalue weighted by atomic mass is 32.1. The van der Waals surface area contributed by atoms with Gasteiger partial charge in [-0.3, -0.25) is 0 Å². The zero-order chi connectivity index (χ0) is 16.2. The summed E-state index contributed by atoms with van der Waals surface area (Å²) >= 11 is 1.47. The van der Waals surface area contributed by atoms with Crippen molar-refractivity contribution in [2.45, 2.75) is 32.7 Å². The molecule has 2 heterocycles. The predicted molar refractivity (Wildman–Crippen MR) is 95.7 cm³/mol. The molecule has 0 saturated carbocycles. The summed E-state index contributed by atoms with van der Waals surface area (Å²) in [6.07, 6.45) is 2.04. The quantitative estimate of drug-likeness (QED) is 0.878. The van der Waals surface area contributed by atoms with Crippen molar-refractivity contribution in [1.82, 2.24) is 9.36 Å². The molecule has 1 unspecified atom stereocenters. The van der Waals surface area contributed by atoms with Crippen LogP contribution in [0.1, 0.15) is 26.1 Å².